The number of nitrogens with zero attached hydrogens (tertiary/aromatic N) is 2. The molecule has 0 aliphatic carbocycles. The average Bonchev–Trinajstić information content (AvgIpc) is 2.92. The Labute approximate surface area is 176 Å². The summed E-state index contributed by atoms with van der Waals surface area (Å²) in [7, 11) is 2.12. The van der Waals surface area contributed by atoms with Gasteiger partial charge in [0.15, 0.2) is 0 Å². The van der Waals surface area contributed by atoms with Gasteiger partial charge in [0.2, 0.25) is 5.72 Å². The molecule has 0 bridgehead atoms. The summed E-state index contributed by atoms with van der Waals surface area (Å²) in [6.45, 7) is 6.68. The third-order valence-electron chi connectivity index (χ3n) is 7.11. The smallest absolute Gasteiger partial charge is 0.228 e. The number of aliphatic imine (C=N–C) groups is 1. The highest BCUT2D eigenvalue weighted by Crippen LogP contribution is 2.56. The van der Waals surface area contributed by atoms with Crippen LogP contribution in [0.5, 0.6) is 5.75 Å². The summed E-state index contributed by atoms with van der Waals surface area (Å²) in [6.07, 6.45) is 2.02. The van der Waals surface area contributed by atoms with Crippen LogP contribution < -0.4 is 9.64 Å². The Balaban J connectivity index is 1.60. The SMILES string of the molecule is Cc1cc2c(c3ccccc13)N=CC1(O2)N(C)c2ccc3ccccc3c2C1(C)C. The molecule has 1 unspecified atom stereocenters. The monoisotopic (exact) mass is 392 g/mol. The second-order valence-corrected chi connectivity index (χ2v) is 9.01. The molecule has 0 saturated heterocycles. The maximum atomic E-state index is 6.90. The van der Waals surface area contributed by atoms with E-state index in [4.69, 9.17) is 9.73 Å². The summed E-state index contributed by atoms with van der Waals surface area (Å²) >= 11 is 0. The zero-order valence-corrected chi connectivity index (χ0v) is 17.7. The Morgan fingerprint density at radius 1 is 0.867 bits per heavy atom. The number of fused-ring (bicyclic) bond motifs is 6. The van der Waals surface area contributed by atoms with Crippen LogP contribution in [0.25, 0.3) is 21.5 Å². The molecule has 148 valence electrons. The summed E-state index contributed by atoms with van der Waals surface area (Å²) in [4.78, 5) is 7.27. The second-order valence-electron chi connectivity index (χ2n) is 9.01. The van der Waals surface area contributed by atoms with Crippen molar-refractivity contribution in [3.8, 4) is 5.75 Å². The van der Waals surface area contributed by atoms with Crippen LogP contribution in [0.4, 0.5) is 11.4 Å². The molecule has 0 radical (unpaired) electrons. The van der Waals surface area contributed by atoms with Crippen molar-refractivity contribution in [3.05, 3.63) is 77.9 Å². The van der Waals surface area contributed by atoms with Crippen molar-refractivity contribution < 1.29 is 4.74 Å². The number of ether oxygens (including phenoxy) is 1. The first-order chi connectivity index (χ1) is 14.4. The average molecular weight is 393 g/mol. The highest BCUT2D eigenvalue weighted by Gasteiger charge is 2.59. The second kappa shape index (κ2) is 5.63. The summed E-state index contributed by atoms with van der Waals surface area (Å²) < 4.78 is 6.90. The summed E-state index contributed by atoms with van der Waals surface area (Å²) in [5.41, 5.74) is 3.67. The lowest BCUT2D eigenvalue weighted by atomic mass is 9.75. The van der Waals surface area contributed by atoms with Crippen LogP contribution in [0, 0.1) is 6.92 Å². The molecule has 0 fully saturated rings. The van der Waals surface area contributed by atoms with Gasteiger partial charge in [-0.1, -0.05) is 54.6 Å². The molecule has 0 aromatic heterocycles. The lowest BCUT2D eigenvalue weighted by Gasteiger charge is -2.45. The normalized spacial score (nSPS) is 21.1. The van der Waals surface area contributed by atoms with Crippen molar-refractivity contribution in [3.63, 3.8) is 0 Å². The predicted octanol–water partition coefficient (Wildman–Crippen LogP) is 6.52. The number of anilines is 1. The minimum atomic E-state index is -0.679. The molecule has 3 nitrogen and oxygen atoms in total. The van der Waals surface area contributed by atoms with E-state index in [1.54, 1.807) is 0 Å². The third-order valence-corrected chi connectivity index (χ3v) is 7.11. The minimum Gasteiger partial charge on any atom is -0.459 e. The Morgan fingerprint density at radius 2 is 1.57 bits per heavy atom. The molecule has 4 aromatic rings. The van der Waals surface area contributed by atoms with Gasteiger partial charge >= 0.3 is 0 Å². The largest absolute Gasteiger partial charge is 0.459 e. The molecule has 2 aliphatic rings. The van der Waals surface area contributed by atoms with Gasteiger partial charge in [0.05, 0.1) is 11.6 Å². The van der Waals surface area contributed by atoms with Crippen LogP contribution in [0.1, 0.15) is 25.0 Å². The Hall–Kier alpha value is -3.33. The van der Waals surface area contributed by atoms with Gasteiger partial charge in [0, 0.05) is 18.1 Å². The highest BCUT2D eigenvalue weighted by molar-refractivity contribution is 6.03. The van der Waals surface area contributed by atoms with Crippen molar-refractivity contribution in [2.24, 2.45) is 4.99 Å². The summed E-state index contributed by atoms with van der Waals surface area (Å²) in [5, 5.41) is 4.90. The third kappa shape index (κ3) is 1.97. The van der Waals surface area contributed by atoms with Crippen molar-refractivity contribution in [2.45, 2.75) is 31.9 Å². The molecule has 3 heteroatoms. The summed E-state index contributed by atoms with van der Waals surface area (Å²) in [5.74, 6) is 0.853. The molecule has 6 rings (SSSR count). The topological polar surface area (TPSA) is 24.8 Å². The molecule has 2 heterocycles. The van der Waals surface area contributed by atoms with E-state index in [0.717, 1.165) is 16.8 Å². The fourth-order valence-corrected chi connectivity index (χ4v) is 5.48. The molecule has 0 N–H and O–H groups in total. The van der Waals surface area contributed by atoms with Crippen molar-refractivity contribution in [1.29, 1.82) is 0 Å². The molecule has 0 amide bonds. The van der Waals surface area contributed by atoms with Gasteiger partial charge in [-0.15, -0.1) is 0 Å². The van der Waals surface area contributed by atoms with E-state index >= 15 is 0 Å². The van der Waals surface area contributed by atoms with Gasteiger partial charge in [0.25, 0.3) is 0 Å². The van der Waals surface area contributed by atoms with Gasteiger partial charge in [-0.25, -0.2) is 0 Å². The van der Waals surface area contributed by atoms with Crippen LogP contribution in [-0.2, 0) is 5.41 Å². The fraction of sp³-hybridized carbons (Fsp3) is 0.222. The number of hydrogen-bond acceptors (Lipinski definition) is 3. The van der Waals surface area contributed by atoms with E-state index in [1.807, 2.05) is 6.21 Å². The molecule has 1 atom stereocenters. The Morgan fingerprint density at radius 3 is 2.37 bits per heavy atom. The molecule has 30 heavy (non-hydrogen) atoms. The lowest BCUT2D eigenvalue weighted by molar-refractivity contribution is 0.0831. The van der Waals surface area contributed by atoms with Crippen LogP contribution in [0.15, 0.2) is 71.7 Å². The highest BCUT2D eigenvalue weighted by atomic mass is 16.5. The number of aryl methyl sites for hydroxylation is 1. The van der Waals surface area contributed by atoms with Gasteiger partial charge < -0.3 is 9.64 Å². The number of hydrogen-bond donors (Lipinski definition) is 0. The van der Waals surface area contributed by atoms with Crippen LogP contribution >= 0.6 is 0 Å². The molecular formula is C27H24N2O. The van der Waals surface area contributed by atoms with Crippen molar-refractivity contribution in [1.82, 2.24) is 0 Å². The number of likely N-dealkylation sites (N-methyl/N-ethyl adjacent to an activating group) is 1. The van der Waals surface area contributed by atoms with E-state index in [-0.39, 0.29) is 5.41 Å². The first-order valence-corrected chi connectivity index (χ1v) is 10.5. The lowest BCUT2D eigenvalue weighted by Crippen LogP contribution is -2.61. The zero-order valence-electron chi connectivity index (χ0n) is 17.7. The number of benzene rings is 4. The van der Waals surface area contributed by atoms with Crippen molar-refractivity contribution in [2.75, 3.05) is 11.9 Å². The van der Waals surface area contributed by atoms with Gasteiger partial charge in [-0.3, -0.25) is 4.99 Å². The van der Waals surface area contributed by atoms with Crippen molar-refractivity contribution >= 4 is 39.1 Å². The maximum absolute atomic E-state index is 6.90. The molecular weight excluding hydrogens is 368 g/mol. The van der Waals surface area contributed by atoms with Gasteiger partial charge in [-0.05, 0) is 60.2 Å². The quantitative estimate of drug-likeness (QED) is 0.340. The van der Waals surface area contributed by atoms with E-state index < -0.39 is 5.72 Å². The van der Waals surface area contributed by atoms with Crippen LogP contribution in [-0.4, -0.2) is 19.0 Å². The first-order valence-electron chi connectivity index (χ1n) is 10.5. The van der Waals surface area contributed by atoms with Gasteiger partial charge in [0.1, 0.15) is 11.4 Å². The molecule has 4 aromatic carbocycles. The molecule has 0 saturated carbocycles. The predicted molar refractivity (Wildman–Crippen MR) is 126 cm³/mol. The van der Waals surface area contributed by atoms with Crippen LogP contribution in [0.2, 0.25) is 0 Å². The standard InChI is InChI=1S/C27H24N2O/c1-17-15-23-25(21-12-8-7-10-19(17)21)28-16-27(30-23)26(2,3)24-20-11-6-5-9-18(20)13-14-22(24)29(27)4/h5-16H,1-4H3. The molecule has 2 aliphatic heterocycles. The zero-order chi connectivity index (χ0) is 20.7. The van der Waals surface area contributed by atoms with Gasteiger partial charge in [-0.2, -0.15) is 0 Å². The van der Waals surface area contributed by atoms with E-state index in [2.05, 4.69) is 99.4 Å². The minimum absolute atomic E-state index is 0.293. The molecule has 1 spiro atoms. The number of rotatable bonds is 0. The van der Waals surface area contributed by atoms with E-state index in [0.29, 0.717) is 0 Å². The summed E-state index contributed by atoms with van der Waals surface area (Å²) in [6, 6.07) is 23.6. The van der Waals surface area contributed by atoms with E-state index in [1.165, 1.54) is 33.0 Å². The maximum Gasteiger partial charge on any atom is 0.228 e. The first kappa shape index (κ1) is 17.5. The van der Waals surface area contributed by atoms with Crippen LogP contribution in [0.3, 0.4) is 0 Å². The van der Waals surface area contributed by atoms with E-state index in [9.17, 15) is 0 Å². The Kier molecular flexibility index (Phi) is 3.29. The fourth-order valence-electron chi connectivity index (χ4n) is 5.48. The Bertz CT molecular complexity index is 1380.